The van der Waals surface area contributed by atoms with Crippen LogP contribution in [0.3, 0.4) is 0 Å². The molecule has 2 aliphatic heterocycles. The minimum absolute atomic E-state index is 0.0535. The highest BCUT2D eigenvalue weighted by Gasteiger charge is 2.48. The molecule has 53 heavy (non-hydrogen) atoms. The van der Waals surface area contributed by atoms with Crippen molar-refractivity contribution in [1.29, 1.82) is 5.26 Å². The average Bonchev–Trinajstić information content (AvgIpc) is 3.51. The molecule has 276 valence electrons. The topological polar surface area (TPSA) is 124 Å². The first-order chi connectivity index (χ1) is 25.3. The van der Waals surface area contributed by atoms with E-state index in [1.54, 1.807) is 37.3 Å². The van der Waals surface area contributed by atoms with Crippen LogP contribution in [-0.4, -0.2) is 95.8 Å². The van der Waals surface area contributed by atoms with Crippen molar-refractivity contribution in [1.82, 2.24) is 24.9 Å². The van der Waals surface area contributed by atoms with Gasteiger partial charge in [-0.25, -0.2) is 9.07 Å². The van der Waals surface area contributed by atoms with Gasteiger partial charge in [-0.15, -0.1) is 0 Å². The van der Waals surface area contributed by atoms with Crippen LogP contribution in [-0.2, 0) is 15.7 Å². The lowest BCUT2D eigenvalue weighted by Crippen LogP contribution is -2.55. The highest BCUT2D eigenvalue weighted by Crippen LogP contribution is 2.44. The maximum atomic E-state index is 14.6. The number of benzene rings is 3. The quantitative estimate of drug-likeness (QED) is 0.215. The summed E-state index contributed by atoms with van der Waals surface area (Å²) in [5, 5.41) is 17.6. The number of para-hydroxylation sites is 1. The molecule has 1 N–H and O–H groups in total. The van der Waals surface area contributed by atoms with E-state index in [0.717, 1.165) is 12.1 Å². The van der Waals surface area contributed by atoms with E-state index < -0.39 is 53.3 Å². The van der Waals surface area contributed by atoms with Crippen LogP contribution in [0.2, 0.25) is 0 Å². The Balaban J connectivity index is 1.49. The van der Waals surface area contributed by atoms with Crippen LogP contribution in [0.25, 0.3) is 5.69 Å². The van der Waals surface area contributed by atoms with Crippen molar-refractivity contribution >= 4 is 23.5 Å². The molecule has 1 aromatic heterocycles. The molecule has 1 fully saturated rings. The second-order valence-electron chi connectivity index (χ2n) is 13.0. The first-order valence-electron chi connectivity index (χ1n) is 17.0. The number of hydrogen-bond acceptors (Lipinski definition) is 7. The van der Waals surface area contributed by atoms with Crippen LogP contribution in [0.1, 0.15) is 56.8 Å². The van der Waals surface area contributed by atoms with E-state index in [1.165, 1.54) is 51.9 Å². The third-order valence-electron chi connectivity index (χ3n) is 9.75. The van der Waals surface area contributed by atoms with Crippen molar-refractivity contribution < 1.29 is 36.7 Å². The SMILES string of the molecule is CCN1C(=O)[C@@H](NC(=O)c2cccc(C(F)(F)F)c2)[C@@H](c2ccc(F)cc2)c2c(C(=O)N(C)[C@@H](C#N)CCN(C)C3COC3)nn(-c3ccccc3)c21. The number of aromatic nitrogens is 2. The van der Waals surface area contributed by atoms with Gasteiger partial charge in [-0.3, -0.25) is 24.2 Å². The van der Waals surface area contributed by atoms with E-state index in [4.69, 9.17) is 9.84 Å². The highest BCUT2D eigenvalue weighted by molar-refractivity contribution is 6.07. The number of likely N-dealkylation sites (N-methyl/N-ethyl adjacent to an activating group) is 2. The molecule has 0 saturated carbocycles. The molecule has 3 aromatic carbocycles. The summed E-state index contributed by atoms with van der Waals surface area (Å²) in [5.41, 5.74) is -0.462. The third kappa shape index (κ3) is 7.37. The number of carbonyl (C=O) groups is 3. The largest absolute Gasteiger partial charge is 0.416 e. The summed E-state index contributed by atoms with van der Waals surface area (Å²) in [6.07, 6.45) is -4.42. The lowest BCUT2D eigenvalue weighted by molar-refractivity contribution is -0.137. The van der Waals surface area contributed by atoms with Crippen LogP contribution >= 0.6 is 0 Å². The Labute approximate surface area is 303 Å². The van der Waals surface area contributed by atoms with Gasteiger partial charge in [0, 0.05) is 37.2 Å². The highest BCUT2D eigenvalue weighted by atomic mass is 19.4. The molecule has 0 aliphatic carbocycles. The molecule has 0 bridgehead atoms. The number of hydrogen-bond donors (Lipinski definition) is 1. The Hall–Kier alpha value is -5.59. The molecule has 0 unspecified atom stereocenters. The second-order valence-corrected chi connectivity index (χ2v) is 13.0. The molecule has 3 atom stereocenters. The van der Waals surface area contributed by atoms with Gasteiger partial charge in [0.2, 0.25) is 0 Å². The number of nitrogens with one attached hydrogen (secondary N) is 1. The fourth-order valence-corrected chi connectivity index (χ4v) is 6.64. The number of alkyl halides is 3. The minimum Gasteiger partial charge on any atom is -0.378 e. The number of amides is 3. The lowest BCUT2D eigenvalue weighted by atomic mass is 9.80. The average molecular weight is 732 g/mol. The van der Waals surface area contributed by atoms with Gasteiger partial charge in [0.1, 0.15) is 23.7 Å². The van der Waals surface area contributed by atoms with Gasteiger partial charge < -0.3 is 15.0 Å². The van der Waals surface area contributed by atoms with Crippen molar-refractivity contribution in [2.75, 3.05) is 45.3 Å². The molecule has 1 saturated heterocycles. The number of nitriles is 1. The Morgan fingerprint density at radius 2 is 1.75 bits per heavy atom. The standard InChI is InChI=1S/C38H37F4N7O4/c1-4-48-35-31(30(23-13-15-26(39)16-14-23)32(37(48)52)44-34(50)24-9-8-10-25(19-24)38(40,41)42)33(45-49(35)27-11-6-5-7-12-27)36(51)47(3)28(20-43)17-18-46(2)29-21-53-22-29/h5-16,19,28-30,32H,4,17-18,21-22H2,1-3H3,(H,44,50)/t28-,30+,32+/m1/s1. The number of nitrogens with zero attached hydrogens (tertiary/aromatic N) is 6. The summed E-state index contributed by atoms with van der Waals surface area (Å²) in [6, 6.07) is 17.8. The van der Waals surface area contributed by atoms with Gasteiger partial charge in [-0.05, 0) is 68.4 Å². The number of halogens is 4. The van der Waals surface area contributed by atoms with E-state index >= 15 is 0 Å². The molecule has 3 amide bonds. The predicted octanol–water partition coefficient (Wildman–Crippen LogP) is 5.01. The van der Waals surface area contributed by atoms with E-state index in [-0.39, 0.29) is 35.2 Å². The molecule has 0 spiro atoms. The summed E-state index contributed by atoms with van der Waals surface area (Å²) in [6.45, 7) is 3.40. The van der Waals surface area contributed by atoms with Crippen LogP contribution < -0.4 is 10.2 Å². The maximum Gasteiger partial charge on any atom is 0.416 e. The smallest absolute Gasteiger partial charge is 0.378 e. The van der Waals surface area contributed by atoms with Crippen molar-refractivity contribution in [3.8, 4) is 11.8 Å². The molecular formula is C38H37F4N7O4. The molecular weight excluding hydrogens is 694 g/mol. The molecule has 4 aromatic rings. The first kappa shape index (κ1) is 37.2. The summed E-state index contributed by atoms with van der Waals surface area (Å²) in [5.74, 6) is -3.76. The molecule has 6 rings (SSSR count). The van der Waals surface area contributed by atoms with Crippen LogP contribution in [0.4, 0.5) is 23.4 Å². The molecule has 15 heteroatoms. The Bertz CT molecular complexity index is 2030. The van der Waals surface area contributed by atoms with E-state index in [0.29, 0.717) is 43.5 Å². The van der Waals surface area contributed by atoms with Crippen molar-refractivity contribution in [3.05, 3.63) is 113 Å². The Kier molecular flexibility index (Phi) is 10.6. The fraction of sp³-hybridized carbons (Fsp3) is 0.342. The number of rotatable bonds is 11. The van der Waals surface area contributed by atoms with Crippen LogP contribution in [0.5, 0.6) is 0 Å². The number of fused-ring (bicyclic) bond motifs is 1. The maximum absolute atomic E-state index is 14.6. The van der Waals surface area contributed by atoms with E-state index in [1.807, 2.05) is 7.05 Å². The van der Waals surface area contributed by atoms with Gasteiger partial charge in [0.15, 0.2) is 5.69 Å². The summed E-state index contributed by atoms with van der Waals surface area (Å²) >= 11 is 0. The third-order valence-corrected chi connectivity index (χ3v) is 9.75. The van der Waals surface area contributed by atoms with Crippen LogP contribution in [0, 0.1) is 17.1 Å². The van der Waals surface area contributed by atoms with Gasteiger partial charge in [0.25, 0.3) is 17.7 Å². The van der Waals surface area contributed by atoms with Crippen LogP contribution in [0.15, 0.2) is 78.9 Å². The normalized spacial score (nSPS) is 17.9. The number of ether oxygens (including phenoxy) is 1. The second kappa shape index (κ2) is 15.2. The number of anilines is 1. The minimum atomic E-state index is -4.73. The zero-order valence-electron chi connectivity index (χ0n) is 29.2. The Morgan fingerprint density at radius 3 is 2.36 bits per heavy atom. The molecule has 0 radical (unpaired) electrons. The summed E-state index contributed by atoms with van der Waals surface area (Å²) in [4.78, 5) is 47.5. The summed E-state index contributed by atoms with van der Waals surface area (Å²) < 4.78 is 61.8. The molecule has 3 heterocycles. The predicted molar refractivity (Wildman–Crippen MR) is 186 cm³/mol. The molecule has 2 aliphatic rings. The van der Waals surface area contributed by atoms with E-state index in [2.05, 4.69) is 16.3 Å². The summed E-state index contributed by atoms with van der Waals surface area (Å²) in [7, 11) is 3.40. The Morgan fingerprint density at radius 1 is 1.06 bits per heavy atom. The van der Waals surface area contributed by atoms with Crippen molar-refractivity contribution in [3.63, 3.8) is 0 Å². The number of carbonyl (C=O) groups excluding carboxylic acids is 3. The first-order valence-corrected chi connectivity index (χ1v) is 17.0. The van der Waals surface area contributed by atoms with Crippen molar-refractivity contribution in [2.24, 2.45) is 0 Å². The van der Waals surface area contributed by atoms with Gasteiger partial charge in [-0.1, -0.05) is 36.4 Å². The monoisotopic (exact) mass is 731 g/mol. The molecule has 11 nitrogen and oxygen atoms in total. The van der Waals surface area contributed by atoms with E-state index in [9.17, 15) is 37.2 Å². The lowest BCUT2D eigenvalue weighted by Gasteiger charge is -2.38. The van der Waals surface area contributed by atoms with Gasteiger partial charge in [-0.2, -0.15) is 23.5 Å². The fourth-order valence-electron chi connectivity index (χ4n) is 6.64. The van der Waals surface area contributed by atoms with Crippen molar-refractivity contribution in [2.45, 2.75) is 43.6 Å². The van der Waals surface area contributed by atoms with Gasteiger partial charge in [0.05, 0.1) is 36.6 Å². The van der Waals surface area contributed by atoms with Gasteiger partial charge >= 0.3 is 6.18 Å². The zero-order chi connectivity index (χ0) is 38.0. The zero-order valence-corrected chi connectivity index (χ0v) is 29.2.